The topological polar surface area (TPSA) is 26.3 Å². The van der Waals surface area contributed by atoms with Gasteiger partial charge in [0.15, 0.2) is 0 Å². The average Bonchev–Trinajstić information content (AvgIpc) is 2.73. The number of carbonyl (C=O) groups is 1. The van der Waals surface area contributed by atoms with E-state index in [-0.39, 0.29) is 11.4 Å². The highest BCUT2D eigenvalue weighted by Crippen LogP contribution is 2.48. The van der Waals surface area contributed by atoms with Crippen LogP contribution < -0.4 is 0 Å². The van der Waals surface area contributed by atoms with E-state index in [0.29, 0.717) is 12.5 Å². The van der Waals surface area contributed by atoms with Crippen LogP contribution in [0.15, 0.2) is 0 Å². The Labute approximate surface area is 92.4 Å². The molecule has 3 atom stereocenters. The van der Waals surface area contributed by atoms with Crippen LogP contribution in [0, 0.1) is 23.2 Å². The molecule has 0 radical (unpaired) electrons. The molecule has 86 valence electrons. The van der Waals surface area contributed by atoms with Crippen LogP contribution in [0.25, 0.3) is 0 Å². The smallest absolute Gasteiger partial charge is 0.311 e. The Kier molecular flexibility index (Phi) is 2.78. The Morgan fingerprint density at radius 3 is 2.47 bits per heavy atom. The molecule has 0 aromatic rings. The third-order valence-corrected chi connectivity index (χ3v) is 3.93. The molecule has 0 saturated heterocycles. The number of hydrogen-bond acceptors (Lipinski definition) is 2. The van der Waals surface area contributed by atoms with Gasteiger partial charge in [-0.25, -0.2) is 0 Å². The van der Waals surface area contributed by atoms with Crippen molar-refractivity contribution >= 4 is 5.97 Å². The average molecular weight is 210 g/mol. The lowest BCUT2D eigenvalue weighted by Gasteiger charge is -2.23. The lowest BCUT2D eigenvalue weighted by atomic mass is 9.89. The third kappa shape index (κ3) is 2.35. The fourth-order valence-electron chi connectivity index (χ4n) is 2.98. The van der Waals surface area contributed by atoms with Gasteiger partial charge >= 0.3 is 5.97 Å². The summed E-state index contributed by atoms with van der Waals surface area (Å²) in [6, 6.07) is 0. The van der Waals surface area contributed by atoms with Crippen molar-refractivity contribution in [2.24, 2.45) is 23.2 Å². The van der Waals surface area contributed by atoms with Crippen LogP contribution in [0.3, 0.4) is 0 Å². The summed E-state index contributed by atoms with van der Waals surface area (Å²) < 4.78 is 5.40. The molecule has 0 spiro atoms. The van der Waals surface area contributed by atoms with Gasteiger partial charge in [-0.05, 0) is 57.8 Å². The molecule has 0 aliphatic heterocycles. The highest BCUT2D eigenvalue weighted by atomic mass is 16.5. The predicted molar refractivity (Wildman–Crippen MR) is 59.4 cm³/mol. The van der Waals surface area contributed by atoms with E-state index in [1.807, 2.05) is 20.8 Å². The van der Waals surface area contributed by atoms with Crippen LogP contribution in [0.2, 0.25) is 0 Å². The summed E-state index contributed by atoms with van der Waals surface area (Å²) in [6.45, 7) is 6.40. The van der Waals surface area contributed by atoms with Crippen molar-refractivity contribution in [3.63, 3.8) is 0 Å². The summed E-state index contributed by atoms with van der Waals surface area (Å²) in [7, 11) is 0. The fraction of sp³-hybridized carbons (Fsp3) is 0.923. The van der Waals surface area contributed by atoms with Crippen molar-refractivity contribution in [3.05, 3.63) is 0 Å². The Balaban J connectivity index is 1.77. The van der Waals surface area contributed by atoms with Gasteiger partial charge < -0.3 is 4.74 Å². The second-order valence-electron chi connectivity index (χ2n) is 6.28. The Hall–Kier alpha value is -0.530. The van der Waals surface area contributed by atoms with E-state index >= 15 is 0 Å². The summed E-state index contributed by atoms with van der Waals surface area (Å²) in [5.41, 5.74) is -0.350. The summed E-state index contributed by atoms with van der Waals surface area (Å²) >= 11 is 0. The van der Waals surface area contributed by atoms with Gasteiger partial charge in [-0.2, -0.15) is 0 Å². The fourth-order valence-corrected chi connectivity index (χ4v) is 2.98. The minimum atomic E-state index is -0.350. The summed E-state index contributed by atoms with van der Waals surface area (Å²) in [5, 5.41) is 0. The van der Waals surface area contributed by atoms with Gasteiger partial charge in [0.05, 0.1) is 12.0 Å². The summed E-state index contributed by atoms with van der Waals surface area (Å²) in [4.78, 5) is 11.6. The number of fused-ring (bicyclic) bond motifs is 2. The number of rotatable bonds is 2. The Morgan fingerprint density at radius 2 is 2.00 bits per heavy atom. The van der Waals surface area contributed by atoms with E-state index in [4.69, 9.17) is 4.74 Å². The second kappa shape index (κ2) is 3.80. The zero-order valence-corrected chi connectivity index (χ0v) is 10.1. The van der Waals surface area contributed by atoms with Crippen LogP contribution in [-0.4, -0.2) is 12.6 Å². The quantitative estimate of drug-likeness (QED) is 0.655. The number of carbonyl (C=O) groups excluding carboxylic acids is 1. The van der Waals surface area contributed by atoms with Gasteiger partial charge in [-0.15, -0.1) is 0 Å². The third-order valence-electron chi connectivity index (χ3n) is 3.93. The molecule has 0 N–H and O–H groups in total. The van der Waals surface area contributed by atoms with Crippen molar-refractivity contribution in [3.8, 4) is 0 Å². The van der Waals surface area contributed by atoms with Crippen molar-refractivity contribution in [2.75, 3.05) is 6.61 Å². The number of esters is 1. The molecule has 2 fully saturated rings. The van der Waals surface area contributed by atoms with Gasteiger partial charge in [-0.1, -0.05) is 6.42 Å². The molecule has 2 rings (SSSR count). The maximum Gasteiger partial charge on any atom is 0.311 e. The van der Waals surface area contributed by atoms with Crippen LogP contribution in [0.4, 0.5) is 0 Å². The van der Waals surface area contributed by atoms with E-state index < -0.39 is 0 Å². The van der Waals surface area contributed by atoms with Crippen LogP contribution in [0.5, 0.6) is 0 Å². The van der Waals surface area contributed by atoms with E-state index in [9.17, 15) is 4.79 Å². The second-order valence-corrected chi connectivity index (χ2v) is 6.28. The van der Waals surface area contributed by atoms with Crippen LogP contribution >= 0.6 is 0 Å². The molecule has 3 unspecified atom stereocenters. The van der Waals surface area contributed by atoms with Gasteiger partial charge in [0, 0.05) is 0 Å². The van der Waals surface area contributed by atoms with Crippen molar-refractivity contribution in [1.82, 2.24) is 0 Å². The van der Waals surface area contributed by atoms with Gasteiger partial charge in [0.25, 0.3) is 0 Å². The molecule has 2 aliphatic rings. The molecule has 2 heteroatoms. The lowest BCUT2D eigenvalue weighted by Crippen LogP contribution is -2.27. The highest BCUT2D eigenvalue weighted by Gasteiger charge is 2.40. The SMILES string of the molecule is CC(C)(C)C(=O)OCC1CC2CCC1C2. The monoisotopic (exact) mass is 210 g/mol. The molecule has 15 heavy (non-hydrogen) atoms. The molecule has 2 saturated carbocycles. The van der Waals surface area contributed by atoms with Gasteiger partial charge in [0.1, 0.15) is 0 Å². The number of ether oxygens (including phenoxy) is 1. The van der Waals surface area contributed by atoms with Gasteiger partial charge in [-0.3, -0.25) is 4.79 Å². The first kappa shape index (κ1) is 11.0. The highest BCUT2D eigenvalue weighted by molar-refractivity contribution is 5.75. The first-order chi connectivity index (χ1) is 6.97. The molecular formula is C13H22O2. The normalized spacial score (nSPS) is 34.5. The minimum Gasteiger partial charge on any atom is -0.465 e. The molecular weight excluding hydrogens is 188 g/mol. The number of hydrogen-bond donors (Lipinski definition) is 0. The van der Waals surface area contributed by atoms with Crippen molar-refractivity contribution in [2.45, 2.75) is 46.5 Å². The largest absolute Gasteiger partial charge is 0.465 e. The van der Waals surface area contributed by atoms with E-state index in [1.54, 1.807) is 0 Å². The maximum absolute atomic E-state index is 11.6. The summed E-state index contributed by atoms with van der Waals surface area (Å²) in [6.07, 6.45) is 5.45. The first-order valence-corrected chi connectivity index (χ1v) is 6.14. The molecule has 0 heterocycles. The molecule has 0 aromatic heterocycles. The zero-order chi connectivity index (χ0) is 11.1. The van der Waals surface area contributed by atoms with Gasteiger partial charge in [0.2, 0.25) is 0 Å². The van der Waals surface area contributed by atoms with E-state index in [1.165, 1.54) is 25.7 Å². The minimum absolute atomic E-state index is 0.0507. The molecule has 2 aliphatic carbocycles. The molecule has 0 amide bonds. The Bertz CT molecular complexity index is 252. The predicted octanol–water partition coefficient (Wildman–Crippen LogP) is 3.01. The Morgan fingerprint density at radius 1 is 1.27 bits per heavy atom. The standard InChI is InChI=1S/C13H22O2/c1-13(2,3)12(14)15-8-11-7-9-4-5-10(11)6-9/h9-11H,4-8H2,1-3H3. The van der Waals surface area contributed by atoms with Crippen LogP contribution in [-0.2, 0) is 9.53 Å². The molecule has 0 aromatic carbocycles. The van der Waals surface area contributed by atoms with Crippen molar-refractivity contribution < 1.29 is 9.53 Å². The van der Waals surface area contributed by atoms with E-state index in [0.717, 1.165) is 11.8 Å². The summed E-state index contributed by atoms with van der Waals surface area (Å²) in [5.74, 6) is 2.40. The lowest BCUT2D eigenvalue weighted by molar-refractivity contribution is -0.154. The van der Waals surface area contributed by atoms with E-state index in [2.05, 4.69) is 0 Å². The zero-order valence-electron chi connectivity index (χ0n) is 10.1. The maximum atomic E-state index is 11.6. The first-order valence-electron chi connectivity index (χ1n) is 6.14. The van der Waals surface area contributed by atoms with Crippen LogP contribution in [0.1, 0.15) is 46.5 Å². The van der Waals surface area contributed by atoms with Crippen molar-refractivity contribution in [1.29, 1.82) is 0 Å². The molecule has 2 bridgehead atoms. The molecule has 2 nitrogen and oxygen atoms in total.